The van der Waals surface area contributed by atoms with Gasteiger partial charge in [-0.2, -0.15) is 5.10 Å². The lowest BCUT2D eigenvalue weighted by Crippen LogP contribution is -2.21. The second-order valence-electron chi connectivity index (χ2n) is 7.97. The third-order valence-electron chi connectivity index (χ3n) is 5.66. The van der Waals surface area contributed by atoms with Crippen LogP contribution in [0.1, 0.15) is 32.2 Å². The van der Waals surface area contributed by atoms with E-state index in [0.717, 1.165) is 33.1 Å². The van der Waals surface area contributed by atoms with Crippen LogP contribution in [0, 0.1) is 26.6 Å². The summed E-state index contributed by atoms with van der Waals surface area (Å²) in [4.78, 5) is 13.7. The fourth-order valence-electron chi connectivity index (χ4n) is 3.95. The summed E-state index contributed by atoms with van der Waals surface area (Å²) in [5, 5.41) is 11.8. The van der Waals surface area contributed by atoms with Gasteiger partial charge in [0.15, 0.2) is 5.11 Å². The fraction of sp³-hybridized carbons (Fsp3) is 0.192. The smallest absolute Gasteiger partial charge is 0.341 e. The van der Waals surface area contributed by atoms with E-state index in [1.54, 1.807) is 22.9 Å². The molecule has 4 rings (SSSR count). The highest BCUT2D eigenvalue weighted by molar-refractivity contribution is 7.80. The van der Waals surface area contributed by atoms with Crippen LogP contribution in [0.3, 0.4) is 0 Å². The lowest BCUT2D eigenvalue weighted by Gasteiger charge is -2.12. The number of thiophene rings is 1. The van der Waals surface area contributed by atoms with Crippen molar-refractivity contribution in [3.05, 3.63) is 87.8 Å². The van der Waals surface area contributed by atoms with Gasteiger partial charge >= 0.3 is 5.97 Å². The van der Waals surface area contributed by atoms with Crippen molar-refractivity contribution in [2.75, 3.05) is 17.7 Å². The van der Waals surface area contributed by atoms with Crippen LogP contribution in [-0.2, 0) is 11.3 Å². The van der Waals surface area contributed by atoms with Crippen molar-refractivity contribution in [2.45, 2.75) is 27.3 Å². The summed E-state index contributed by atoms with van der Waals surface area (Å²) in [5.41, 5.74) is 5.01. The summed E-state index contributed by atoms with van der Waals surface area (Å²) < 4.78 is 20.9. The Labute approximate surface area is 212 Å². The summed E-state index contributed by atoms with van der Waals surface area (Å²) in [6.07, 6.45) is 0. The van der Waals surface area contributed by atoms with E-state index in [1.165, 1.54) is 24.5 Å². The average Bonchev–Trinajstić information content (AvgIpc) is 3.30. The number of esters is 1. The van der Waals surface area contributed by atoms with Gasteiger partial charge in [0.25, 0.3) is 0 Å². The molecule has 0 aliphatic heterocycles. The molecule has 0 unspecified atom stereocenters. The van der Waals surface area contributed by atoms with Crippen molar-refractivity contribution >= 4 is 45.3 Å². The number of nitrogens with zero attached hydrogens (tertiary/aromatic N) is 2. The monoisotopic (exact) mass is 508 g/mol. The van der Waals surface area contributed by atoms with Crippen molar-refractivity contribution in [3.8, 4) is 11.1 Å². The number of halogens is 1. The molecule has 6 nitrogen and oxygen atoms in total. The van der Waals surface area contributed by atoms with E-state index in [9.17, 15) is 9.18 Å². The van der Waals surface area contributed by atoms with Crippen LogP contribution in [0.15, 0.2) is 54.6 Å². The predicted octanol–water partition coefficient (Wildman–Crippen LogP) is 6.32. The van der Waals surface area contributed by atoms with E-state index in [2.05, 4.69) is 15.7 Å². The maximum absolute atomic E-state index is 14.1. The third kappa shape index (κ3) is 5.11. The normalized spacial score (nSPS) is 10.8. The molecule has 0 bridgehead atoms. The van der Waals surface area contributed by atoms with Gasteiger partial charge in [0.1, 0.15) is 16.4 Å². The number of nitrogens with one attached hydrogen (secondary N) is 2. The zero-order chi connectivity index (χ0) is 25.1. The van der Waals surface area contributed by atoms with Gasteiger partial charge in [0, 0.05) is 16.0 Å². The van der Waals surface area contributed by atoms with Crippen LogP contribution in [0.25, 0.3) is 11.1 Å². The molecule has 0 aliphatic rings. The molecule has 0 aliphatic carbocycles. The molecule has 180 valence electrons. The van der Waals surface area contributed by atoms with E-state index in [1.807, 2.05) is 51.1 Å². The minimum atomic E-state index is -0.441. The lowest BCUT2D eigenvalue weighted by atomic mass is 10.0. The van der Waals surface area contributed by atoms with Crippen LogP contribution in [0.4, 0.5) is 15.1 Å². The van der Waals surface area contributed by atoms with Gasteiger partial charge in [-0.3, -0.25) is 4.68 Å². The van der Waals surface area contributed by atoms with E-state index in [-0.39, 0.29) is 5.82 Å². The summed E-state index contributed by atoms with van der Waals surface area (Å²) >= 11 is 7.02. The minimum Gasteiger partial charge on any atom is -0.465 e. The first kappa shape index (κ1) is 24.6. The van der Waals surface area contributed by atoms with Crippen LogP contribution in [0.5, 0.6) is 0 Å². The first-order valence-electron chi connectivity index (χ1n) is 10.9. The first-order chi connectivity index (χ1) is 16.8. The number of carbonyl (C=O) groups excluding carboxylic acids is 1. The molecule has 4 aromatic rings. The number of hydrogen-bond acceptors (Lipinski definition) is 5. The number of carbonyl (C=O) groups is 1. The SMILES string of the molecule is COC(=O)c1c(NC(=S)Nc2c(C)nn(Cc3ccccc3F)c2C)sc(C)c1-c1ccccc1. The molecule has 2 aromatic heterocycles. The quantitative estimate of drug-likeness (QED) is 0.235. The van der Waals surface area contributed by atoms with Crippen molar-refractivity contribution in [1.82, 2.24) is 9.78 Å². The lowest BCUT2D eigenvalue weighted by molar-refractivity contribution is 0.0603. The fourth-order valence-corrected chi connectivity index (χ4v) is 5.29. The topological polar surface area (TPSA) is 68.2 Å². The Balaban J connectivity index is 1.59. The van der Waals surface area contributed by atoms with Crippen molar-refractivity contribution in [3.63, 3.8) is 0 Å². The molecule has 0 saturated heterocycles. The maximum Gasteiger partial charge on any atom is 0.341 e. The summed E-state index contributed by atoms with van der Waals surface area (Å²) in [6.45, 7) is 6.02. The second-order valence-corrected chi connectivity index (χ2v) is 9.60. The molecule has 35 heavy (non-hydrogen) atoms. The van der Waals surface area contributed by atoms with Crippen LogP contribution < -0.4 is 10.6 Å². The Hall–Kier alpha value is -3.56. The Bertz CT molecular complexity index is 1400. The van der Waals surface area contributed by atoms with Gasteiger partial charge in [0.05, 0.1) is 30.7 Å². The van der Waals surface area contributed by atoms with Gasteiger partial charge in [-0.15, -0.1) is 11.3 Å². The Morgan fingerprint density at radius 2 is 1.77 bits per heavy atom. The largest absolute Gasteiger partial charge is 0.465 e. The van der Waals surface area contributed by atoms with Gasteiger partial charge in [-0.1, -0.05) is 48.5 Å². The van der Waals surface area contributed by atoms with Gasteiger partial charge < -0.3 is 15.4 Å². The number of rotatable bonds is 6. The molecule has 0 fully saturated rings. The predicted molar refractivity (Wildman–Crippen MR) is 143 cm³/mol. The van der Waals surface area contributed by atoms with Crippen molar-refractivity contribution in [2.24, 2.45) is 0 Å². The molecule has 0 atom stereocenters. The highest BCUT2D eigenvalue weighted by Crippen LogP contribution is 2.40. The maximum atomic E-state index is 14.1. The van der Waals surface area contributed by atoms with Gasteiger partial charge in [-0.25, -0.2) is 9.18 Å². The third-order valence-corrected chi connectivity index (χ3v) is 6.89. The Kier molecular flexibility index (Phi) is 7.28. The van der Waals surface area contributed by atoms with Crippen LogP contribution in [0.2, 0.25) is 0 Å². The number of benzene rings is 2. The highest BCUT2D eigenvalue weighted by Gasteiger charge is 2.25. The molecule has 0 spiro atoms. The summed E-state index contributed by atoms with van der Waals surface area (Å²) in [7, 11) is 1.36. The van der Waals surface area contributed by atoms with E-state index >= 15 is 0 Å². The minimum absolute atomic E-state index is 0.274. The van der Waals surface area contributed by atoms with Gasteiger partial charge in [-0.05, 0) is 44.6 Å². The number of ether oxygens (including phenoxy) is 1. The summed E-state index contributed by atoms with van der Waals surface area (Å²) in [6, 6.07) is 16.3. The first-order valence-corrected chi connectivity index (χ1v) is 12.1. The number of aromatic nitrogens is 2. The standard InChI is InChI=1S/C26H25FN4O2S2/c1-15-23(16(2)31(30-15)14-19-12-8-9-13-20(19)27)28-26(34)29-24-22(25(32)33-4)21(17(3)35-24)18-10-6-5-7-11-18/h5-13H,14H2,1-4H3,(H2,28,29,34). The van der Waals surface area contributed by atoms with E-state index < -0.39 is 5.97 Å². The number of methoxy groups -OCH3 is 1. The molecule has 2 heterocycles. The molecule has 0 amide bonds. The molecule has 0 saturated carbocycles. The number of thiocarbonyl (C=S) groups is 1. The molecule has 0 radical (unpaired) electrons. The van der Waals surface area contributed by atoms with Crippen LogP contribution in [-0.4, -0.2) is 28.0 Å². The Morgan fingerprint density at radius 1 is 1.09 bits per heavy atom. The zero-order valence-corrected chi connectivity index (χ0v) is 21.4. The van der Waals surface area contributed by atoms with Crippen molar-refractivity contribution in [1.29, 1.82) is 0 Å². The molecule has 9 heteroatoms. The molecule has 2 aromatic carbocycles. The zero-order valence-electron chi connectivity index (χ0n) is 19.8. The summed E-state index contributed by atoms with van der Waals surface area (Å²) in [5.74, 6) is -0.715. The van der Waals surface area contributed by atoms with Gasteiger partial charge in [0.2, 0.25) is 0 Å². The second kappa shape index (κ2) is 10.4. The van der Waals surface area contributed by atoms with E-state index in [4.69, 9.17) is 17.0 Å². The number of hydrogen-bond donors (Lipinski definition) is 2. The number of aryl methyl sites for hydroxylation is 2. The molecule has 2 N–H and O–H groups in total. The number of anilines is 2. The molecular weight excluding hydrogens is 483 g/mol. The van der Waals surface area contributed by atoms with Crippen LogP contribution >= 0.6 is 23.6 Å². The van der Waals surface area contributed by atoms with Crippen molar-refractivity contribution < 1.29 is 13.9 Å². The Morgan fingerprint density at radius 3 is 2.46 bits per heavy atom. The highest BCUT2D eigenvalue weighted by atomic mass is 32.1. The van der Waals surface area contributed by atoms with E-state index in [0.29, 0.717) is 27.8 Å². The average molecular weight is 509 g/mol. The molecular formula is C26H25FN4O2S2.